The first-order chi connectivity index (χ1) is 10.6. The summed E-state index contributed by atoms with van der Waals surface area (Å²) < 4.78 is 0. The van der Waals surface area contributed by atoms with Crippen LogP contribution in [-0.4, -0.2) is 5.25 Å². The Labute approximate surface area is 137 Å². The van der Waals surface area contributed by atoms with E-state index in [4.69, 9.17) is 0 Å². The predicted octanol–water partition coefficient (Wildman–Crippen LogP) is 5.81. The van der Waals surface area contributed by atoms with Crippen LogP contribution in [0, 0.1) is 5.41 Å². The summed E-state index contributed by atoms with van der Waals surface area (Å²) in [5, 5.41) is 0.538. The minimum atomic E-state index is 0.133. The third-order valence-corrected chi connectivity index (χ3v) is 7.33. The van der Waals surface area contributed by atoms with Crippen LogP contribution in [-0.2, 0) is 10.9 Å². The first kappa shape index (κ1) is 15.4. The fourth-order valence-corrected chi connectivity index (χ4v) is 6.23. The maximum atomic E-state index is 2.45. The first-order valence-corrected chi connectivity index (χ1v) is 9.38. The van der Waals surface area contributed by atoms with Gasteiger partial charge in [-0.1, -0.05) is 61.9 Å². The standard InChI is InChI=1S/C21H25S/c1-17-14-15-20(21(2,3)16-17)22(18-10-6-4-7-11-18)19-12-8-5-9-13-19/h4-8,10-12,14-16,20H,9,13H2,1-3H3/q+1/t20-,22?/m1/s1. The fraction of sp³-hybridized carbons (Fsp3) is 0.333. The summed E-state index contributed by atoms with van der Waals surface area (Å²) in [5.74, 6) is 0. The molecule has 3 rings (SSSR count). The van der Waals surface area contributed by atoms with Gasteiger partial charge in [0, 0.05) is 11.8 Å². The molecule has 0 aromatic heterocycles. The van der Waals surface area contributed by atoms with Crippen molar-refractivity contribution in [3.05, 3.63) is 77.3 Å². The average molecular weight is 309 g/mol. The van der Waals surface area contributed by atoms with Crippen LogP contribution in [0.15, 0.2) is 82.2 Å². The lowest BCUT2D eigenvalue weighted by Crippen LogP contribution is -2.36. The molecule has 0 bridgehead atoms. The molecule has 1 aromatic rings. The van der Waals surface area contributed by atoms with Crippen LogP contribution in [0.25, 0.3) is 0 Å². The minimum absolute atomic E-state index is 0.133. The highest BCUT2D eigenvalue weighted by Gasteiger charge is 2.45. The van der Waals surface area contributed by atoms with Gasteiger partial charge in [0.25, 0.3) is 0 Å². The summed E-state index contributed by atoms with van der Waals surface area (Å²) in [6, 6.07) is 11.1. The molecule has 0 amide bonds. The second-order valence-electron chi connectivity index (χ2n) is 6.74. The Morgan fingerprint density at radius 3 is 2.55 bits per heavy atom. The van der Waals surface area contributed by atoms with Gasteiger partial charge in [-0.25, -0.2) is 0 Å². The van der Waals surface area contributed by atoms with Gasteiger partial charge in [0.2, 0.25) is 0 Å². The van der Waals surface area contributed by atoms with Crippen LogP contribution in [0.3, 0.4) is 0 Å². The molecule has 1 aromatic carbocycles. The molecule has 2 aliphatic carbocycles. The molecule has 22 heavy (non-hydrogen) atoms. The highest BCUT2D eigenvalue weighted by molar-refractivity contribution is 8.01. The van der Waals surface area contributed by atoms with E-state index in [0.717, 1.165) is 0 Å². The monoisotopic (exact) mass is 309 g/mol. The van der Waals surface area contributed by atoms with Gasteiger partial charge in [-0.2, -0.15) is 0 Å². The van der Waals surface area contributed by atoms with Crippen molar-refractivity contribution in [3.8, 4) is 0 Å². The minimum Gasteiger partial charge on any atom is -0.0839 e. The smallest absolute Gasteiger partial charge is 0.0839 e. The number of allylic oxidation sites excluding steroid dienone is 7. The predicted molar refractivity (Wildman–Crippen MR) is 99.0 cm³/mol. The Hall–Kier alpha value is -1.47. The number of hydrogen-bond donors (Lipinski definition) is 0. The van der Waals surface area contributed by atoms with E-state index in [1.807, 2.05) is 0 Å². The summed E-state index contributed by atoms with van der Waals surface area (Å²) >= 11 is 0. The van der Waals surface area contributed by atoms with E-state index in [2.05, 4.69) is 87.6 Å². The first-order valence-electron chi connectivity index (χ1n) is 8.09. The maximum absolute atomic E-state index is 2.45. The van der Waals surface area contributed by atoms with E-state index >= 15 is 0 Å². The molecule has 0 saturated carbocycles. The molecule has 2 atom stereocenters. The molecule has 2 aliphatic rings. The summed E-state index contributed by atoms with van der Waals surface area (Å²) in [4.78, 5) is 3.07. The Bertz CT molecular complexity index is 644. The van der Waals surface area contributed by atoms with Gasteiger partial charge in [0.1, 0.15) is 4.91 Å². The van der Waals surface area contributed by atoms with Gasteiger partial charge in [0.05, 0.1) is 10.9 Å². The Morgan fingerprint density at radius 2 is 1.91 bits per heavy atom. The van der Waals surface area contributed by atoms with Crippen molar-refractivity contribution in [2.24, 2.45) is 5.41 Å². The lowest BCUT2D eigenvalue weighted by Gasteiger charge is -2.32. The van der Waals surface area contributed by atoms with Crippen LogP contribution in [0.2, 0.25) is 0 Å². The molecule has 114 valence electrons. The highest BCUT2D eigenvalue weighted by Crippen LogP contribution is 2.42. The van der Waals surface area contributed by atoms with Gasteiger partial charge in [0.15, 0.2) is 10.1 Å². The van der Waals surface area contributed by atoms with Crippen molar-refractivity contribution in [2.45, 2.75) is 43.8 Å². The Balaban J connectivity index is 2.05. The Kier molecular flexibility index (Phi) is 4.44. The van der Waals surface area contributed by atoms with E-state index < -0.39 is 0 Å². The summed E-state index contributed by atoms with van der Waals surface area (Å²) in [6.45, 7) is 6.97. The molecule has 1 heteroatoms. The molecular formula is C21H25S+. The third kappa shape index (κ3) is 3.15. The molecule has 0 fully saturated rings. The third-order valence-electron chi connectivity index (χ3n) is 4.38. The van der Waals surface area contributed by atoms with Crippen molar-refractivity contribution < 1.29 is 0 Å². The van der Waals surface area contributed by atoms with Crippen molar-refractivity contribution in [3.63, 3.8) is 0 Å². The van der Waals surface area contributed by atoms with E-state index in [1.165, 1.54) is 23.3 Å². The molecule has 1 unspecified atom stereocenters. The maximum Gasteiger partial charge on any atom is 0.161 e. The largest absolute Gasteiger partial charge is 0.161 e. The van der Waals surface area contributed by atoms with Gasteiger partial charge >= 0.3 is 0 Å². The van der Waals surface area contributed by atoms with Crippen LogP contribution in [0.5, 0.6) is 0 Å². The van der Waals surface area contributed by atoms with Gasteiger partial charge in [-0.15, -0.1) is 0 Å². The van der Waals surface area contributed by atoms with Crippen LogP contribution >= 0.6 is 0 Å². The molecule has 0 aliphatic heterocycles. The zero-order valence-corrected chi connectivity index (χ0v) is 14.6. The molecule has 0 N–H and O–H groups in total. The summed E-state index contributed by atoms with van der Waals surface area (Å²) in [7, 11) is 0.133. The van der Waals surface area contributed by atoms with Crippen molar-refractivity contribution in [2.75, 3.05) is 0 Å². The second-order valence-corrected chi connectivity index (χ2v) is 8.92. The normalized spacial score (nSPS) is 24.6. The number of rotatable bonds is 3. The zero-order valence-electron chi connectivity index (χ0n) is 13.8. The lowest BCUT2D eigenvalue weighted by molar-refractivity contribution is 0.490. The number of benzene rings is 1. The summed E-state index contributed by atoms with van der Waals surface area (Å²) in [6.07, 6.45) is 16.4. The fourth-order valence-electron chi connectivity index (χ4n) is 3.38. The van der Waals surface area contributed by atoms with E-state index in [9.17, 15) is 0 Å². The SMILES string of the molecule is CC1=CC(C)(C)[C@H]([S+](C2=CC=CCC2)c2ccccc2)C=C1. The average Bonchev–Trinajstić information content (AvgIpc) is 2.51. The Morgan fingerprint density at radius 1 is 1.14 bits per heavy atom. The molecule has 0 heterocycles. The van der Waals surface area contributed by atoms with E-state index in [0.29, 0.717) is 5.25 Å². The van der Waals surface area contributed by atoms with E-state index in [-0.39, 0.29) is 16.3 Å². The van der Waals surface area contributed by atoms with Crippen molar-refractivity contribution in [1.29, 1.82) is 0 Å². The quantitative estimate of drug-likeness (QED) is 0.618. The summed E-state index contributed by atoms with van der Waals surface area (Å²) in [5.41, 5.74) is 1.58. The lowest BCUT2D eigenvalue weighted by atomic mass is 9.83. The molecule has 0 saturated heterocycles. The van der Waals surface area contributed by atoms with E-state index in [1.54, 1.807) is 4.91 Å². The van der Waals surface area contributed by atoms with Crippen LogP contribution < -0.4 is 0 Å². The molecular weight excluding hydrogens is 284 g/mol. The zero-order chi connectivity index (χ0) is 15.6. The van der Waals surface area contributed by atoms with Crippen molar-refractivity contribution in [1.82, 2.24) is 0 Å². The number of hydrogen-bond acceptors (Lipinski definition) is 0. The molecule has 0 nitrogen and oxygen atoms in total. The van der Waals surface area contributed by atoms with Crippen LogP contribution in [0.4, 0.5) is 0 Å². The van der Waals surface area contributed by atoms with Crippen LogP contribution in [0.1, 0.15) is 33.6 Å². The van der Waals surface area contributed by atoms with Gasteiger partial charge in [-0.05, 0) is 37.6 Å². The molecule has 0 radical (unpaired) electrons. The van der Waals surface area contributed by atoms with Gasteiger partial charge < -0.3 is 0 Å². The second kappa shape index (κ2) is 6.34. The van der Waals surface area contributed by atoms with Gasteiger partial charge in [-0.3, -0.25) is 0 Å². The topological polar surface area (TPSA) is 0 Å². The highest BCUT2D eigenvalue weighted by atomic mass is 32.2. The molecule has 0 spiro atoms. The van der Waals surface area contributed by atoms with Crippen molar-refractivity contribution >= 4 is 10.9 Å².